The van der Waals surface area contributed by atoms with E-state index < -0.39 is 0 Å². The predicted octanol–water partition coefficient (Wildman–Crippen LogP) is 5.39. The van der Waals surface area contributed by atoms with Crippen molar-refractivity contribution in [3.8, 4) is 11.5 Å². The van der Waals surface area contributed by atoms with Crippen LogP contribution in [0.5, 0.6) is 11.5 Å². The minimum Gasteiger partial charge on any atom is -0.488 e. The number of hydrogen-bond acceptors (Lipinski definition) is 6. The van der Waals surface area contributed by atoms with Crippen LogP contribution in [-0.2, 0) is 36.2 Å². The van der Waals surface area contributed by atoms with E-state index in [1.807, 2.05) is 48.9 Å². The van der Waals surface area contributed by atoms with Crippen LogP contribution < -0.4 is 9.47 Å². The maximum Gasteiger partial charge on any atom is 0.184 e. The van der Waals surface area contributed by atoms with E-state index >= 15 is 0 Å². The third-order valence-corrected chi connectivity index (χ3v) is 6.08. The number of benzene rings is 2. The second-order valence-corrected chi connectivity index (χ2v) is 8.84. The van der Waals surface area contributed by atoms with Crippen molar-refractivity contribution in [1.29, 1.82) is 0 Å². The monoisotopic (exact) mass is 512 g/mol. The quantitative estimate of drug-likeness (QED) is 0.265. The largest absolute Gasteiger partial charge is 0.488 e. The summed E-state index contributed by atoms with van der Waals surface area (Å²) in [6, 6.07) is 12.0. The molecule has 1 fully saturated rings. The Hall–Kier alpha value is -2.81. The van der Waals surface area contributed by atoms with Crippen LogP contribution in [0, 0.1) is 0 Å². The summed E-state index contributed by atoms with van der Waals surface area (Å²) in [5.41, 5.74) is 3.71. The van der Waals surface area contributed by atoms with Crippen LogP contribution in [0.4, 0.5) is 0 Å². The maximum atomic E-state index is 6.20. The number of rotatable bonds is 10. The summed E-state index contributed by atoms with van der Waals surface area (Å²) in [6.45, 7) is 3.39. The third-order valence-electron chi connectivity index (χ3n) is 5.62. The first-order valence-corrected chi connectivity index (χ1v) is 11.7. The van der Waals surface area contributed by atoms with Gasteiger partial charge in [-0.05, 0) is 30.7 Å². The van der Waals surface area contributed by atoms with Crippen molar-refractivity contribution < 1.29 is 23.4 Å². The summed E-state index contributed by atoms with van der Waals surface area (Å²) in [6.07, 6.45) is 6.00. The number of ether oxygens (including phenoxy) is 4. The van der Waals surface area contributed by atoms with Gasteiger partial charge >= 0.3 is 0 Å². The predicted molar refractivity (Wildman–Crippen MR) is 126 cm³/mol. The molecule has 1 aliphatic heterocycles. The number of aromatic nitrogens is 2. The van der Waals surface area contributed by atoms with Crippen LogP contribution in [0.25, 0.3) is 11.0 Å². The van der Waals surface area contributed by atoms with Crippen LogP contribution >= 0.6 is 15.9 Å². The second-order valence-electron chi connectivity index (χ2n) is 7.92. The van der Waals surface area contributed by atoms with Crippen molar-refractivity contribution in [2.75, 3.05) is 6.61 Å². The molecule has 33 heavy (non-hydrogen) atoms. The SMILES string of the molecule is CCOC1OC1Cc1ccccc1OCc1coc2c(OCc3cncn3C)cc(Br)cc12. The van der Waals surface area contributed by atoms with E-state index in [4.69, 9.17) is 23.4 Å². The van der Waals surface area contributed by atoms with Gasteiger partial charge in [-0.1, -0.05) is 34.1 Å². The molecular formula is C25H25BrN2O5. The smallest absolute Gasteiger partial charge is 0.184 e. The highest BCUT2D eigenvalue weighted by molar-refractivity contribution is 9.10. The van der Waals surface area contributed by atoms with Gasteiger partial charge in [-0.3, -0.25) is 0 Å². The lowest BCUT2D eigenvalue weighted by atomic mass is 10.1. The third kappa shape index (κ3) is 4.93. The highest BCUT2D eigenvalue weighted by atomic mass is 79.9. The van der Waals surface area contributed by atoms with Crippen molar-refractivity contribution >= 4 is 26.9 Å². The van der Waals surface area contributed by atoms with Crippen molar-refractivity contribution in [2.45, 2.75) is 39.0 Å². The van der Waals surface area contributed by atoms with Crippen LogP contribution in [0.15, 0.2) is 64.1 Å². The molecule has 0 N–H and O–H groups in total. The molecule has 4 aromatic rings. The summed E-state index contributed by atoms with van der Waals surface area (Å²) in [5.74, 6) is 1.50. The summed E-state index contributed by atoms with van der Waals surface area (Å²) in [7, 11) is 1.94. The van der Waals surface area contributed by atoms with Gasteiger partial charge in [0.1, 0.15) is 25.1 Å². The average Bonchev–Trinajstić information content (AvgIpc) is 3.20. The van der Waals surface area contributed by atoms with E-state index in [9.17, 15) is 0 Å². The molecule has 0 amide bonds. The Labute approximate surface area is 200 Å². The van der Waals surface area contributed by atoms with Gasteiger partial charge in [0.15, 0.2) is 17.6 Å². The van der Waals surface area contributed by atoms with Crippen molar-refractivity contribution in [1.82, 2.24) is 9.55 Å². The number of aryl methyl sites for hydroxylation is 1. The van der Waals surface area contributed by atoms with E-state index in [2.05, 4.69) is 27.0 Å². The van der Waals surface area contributed by atoms with Gasteiger partial charge in [0.2, 0.25) is 0 Å². The van der Waals surface area contributed by atoms with E-state index in [0.717, 1.165) is 38.9 Å². The minimum absolute atomic E-state index is 0.0829. The summed E-state index contributed by atoms with van der Waals surface area (Å²) < 4.78 is 32.1. The number of imidazole rings is 1. The molecule has 1 aliphatic rings. The molecule has 5 rings (SSSR count). The van der Waals surface area contributed by atoms with Gasteiger partial charge in [-0.2, -0.15) is 0 Å². The molecular weight excluding hydrogens is 488 g/mol. The Morgan fingerprint density at radius 3 is 2.76 bits per heavy atom. The Morgan fingerprint density at radius 1 is 1.09 bits per heavy atom. The Balaban J connectivity index is 1.30. The molecule has 0 saturated carbocycles. The molecule has 2 atom stereocenters. The number of para-hydroxylation sites is 1. The summed E-state index contributed by atoms with van der Waals surface area (Å²) in [4.78, 5) is 4.13. The Bertz CT molecular complexity index is 1250. The molecule has 2 unspecified atom stereocenters. The van der Waals surface area contributed by atoms with E-state index in [1.165, 1.54) is 0 Å². The Kier molecular flexibility index (Phi) is 6.39. The zero-order chi connectivity index (χ0) is 22.8. The van der Waals surface area contributed by atoms with Gasteiger partial charge in [-0.15, -0.1) is 0 Å². The minimum atomic E-state index is -0.108. The molecule has 3 heterocycles. The van der Waals surface area contributed by atoms with E-state index in [0.29, 0.717) is 31.2 Å². The molecule has 8 heteroatoms. The van der Waals surface area contributed by atoms with Gasteiger partial charge in [0.25, 0.3) is 0 Å². The van der Waals surface area contributed by atoms with Crippen LogP contribution in [0.1, 0.15) is 23.7 Å². The topological polar surface area (TPSA) is 71.2 Å². The molecule has 7 nitrogen and oxygen atoms in total. The zero-order valence-corrected chi connectivity index (χ0v) is 20.1. The lowest BCUT2D eigenvalue weighted by molar-refractivity contribution is 0.0593. The molecule has 0 bridgehead atoms. The van der Waals surface area contributed by atoms with Crippen molar-refractivity contribution in [3.63, 3.8) is 0 Å². The number of furan rings is 1. The summed E-state index contributed by atoms with van der Waals surface area (Å²) in [5, 5.41) is 0.948. The highest BCUT2D eigenvalue weighted by Crippen LogP contribution is 2.35. The van der Waals surface area contributed by atoms with E-state index in [-0.39, 0.29) is 12.4 Å². The van der Waals surface area contributed by atoms with Crippen LogP contribution in [-0.4, -0.2) is 28.6 Å². The van der Waals surface area contributed by atoms with Gasteiger partial charge in [0.05, 0.1) is 24.5 Å². The number of nitrogens with zero attached hydrogens (tertiary/aromatic N) is 2. The van der Waals surface area contributed by atoms with Crippen molar-refractivity contribution in [2.24, 2.45) is 7.05 Å². The number of epoxide rings is 1. The first kappa shape index (κ1) is 22.0. The molecule has 0 radical (unpaired) electrons. The molecule has 0 spiro atoms. The molecule has 2 aromatic carbocycles. The fraction of sp³-hybridized carbons (Fsp3) is 0.320. The van der Waals surface area contributed by atoms with Crippen LogP contribution in [0.2, 0.25) is 0 Å². The lowest BCUT2D eigenvalue weighted by Gasteiger charge is -2.11. The lowest BCUT2D eigenvalue weighted by Crippen LogP contribution is -2.05. The number of fused-ring (bicyclic) bond motifs is 1. The Morgan fingerprint density at radius 2 is 1.94 bits per heavy atom. The summed E-state index contributed by atoms with van der Waals surface area (Å²) >= 11 is 3.59. The second kappa shape index (κ2) is 9.59. The standard InChI is InChI=1S/C25H25BrN2O5/c1-3-29-25-23(33-25)8-16-6-4-5-7-21(16)30-12-17-13-32-24-20(17)9-18(26)10-22(24)31-14-19-11-27-15-28(19)2/h4-7,9-11,13,15,23,25H,3,8,12,14H2,1-2H3. The average molecular weight is 513 g/mol. The van der Waals surface area contributed by atoms with Crippen molar-refractivity contribution in [3.05, 3.63) is 76.5 Å². The van der Waals surface area contributed by atoms with Gasteiger partial charge < -0.3 is 27.9 Å². The fourth-order valence-electron chi connectivity index (χ4n) is 3.78. The first-order chi connectivity index (χ1) is 16.1. The number of hydrogen-bond donors (Lipinski definition) is 0. The first-order valence-electron chi connectivity index (χ1n) is 10.9. The highest BCUT2D eigenvalue weighted by Gasteiger charge is 2.40. The maximum absolute atomic E-state index is 6.20. The fourth-order valence-corrected chi connectivity index (χ4v) is 4.22. The number of halogens is 1. The normalized spacial score (nSPS) is 17.4. The van der Waals surface area contributed by atoms with Gasteiger partial charge in [-0.25, -0.2) is 4.98 Å². The molecule has 1 saturated heterocycles. The molecule has 2 aromatic heterocycles. The zero-order valence-electron chi connectivity index (χ0n) is 18.5. The van der Waals surface area contributed by atoms with Gasteiger partial charge in [0, 0.05) is 35.5 Å². The molecule has 172 valence electrons. The van der Waals surface area contributed by atoms with E-state index in [1.54, 1.807) is 18.8 Å². The van der Waals surface area contributed by atoms with Crippen LogP contribution in [0.3, 0.4) is 0 Å². The molecule has 0 aliphatic carbocycles.